The van der Waals surface area contributed by atoms with Crippen LogP contribution in [0.4, 0.5) is 8.78 Å². The van der Waals surface area contributed by atoms with E-state index in [1.807, 2.05) is 0 Å². The number of sulfonamides is 1. The van der Waals surface area contributed by atoms with E-state index in [-0.39, 0.29) is 23.1 Å². The van der Waals surface area contributed by atoms with E-state index in [0.29, 0.717) is 25.7 Å². The van der Waals surface area contributed by atoms with Crippen molar-refractivity contribution in [3.8, 4) is 6.01 Å². The van der Waals surface area contributed by atoms with E-state index in [2.05, 4.69) is 14.7 Å². The van der Waals surface area contributed by atoms with Gasteiger partial charge in [-0.05, 0) is 43.9 Å². The van der Waals surface area contributed by atoms with E-state index < -0.39 is 33.2 Å². The number of aromatic carboxylic acids is 1. The summed E-state index contributed by atoms with van der Waals surface area (Å²) in [6, 6.07) is 2.30. The largest absolute Gasteiger partial charge is 0.478 e. The van der Waals surface area contributed by atoms with Gasteiger partial charge in [0.05, 0.1) is 22.9 Å². The first-order chi connectivity index (χ1) is 13.2. The van der Waals surface area contributed by atoms with Crippen LogP contribution >= 0.6 is 0 Å². The molecule has 28 heavy (non-hydrogen) atoms. The summed E-state index contributed by atoms with van der Waals surface area (Å²) in [5, 5.41) is 8.94. The molecule has 1 aliphatic rings. The number of aromatic nitrogens is 2. The van der Waals surface area contributed by atoms with Gasteiger partial charge in [-0.15, -0.1) is 0 Å². The third kappa shape index (κ3) is 4.78. The van der Waals surface area contributed by atoms with Crippen molar-refractivity contribution >= 4 is 16.0 Å². The number of carboxylic acids is 1. The fraction of sp³-hybridized carbons (Fsp3) is 0.353. The van der Waals surface area contributed by atoms with Crippen molar-refractivity contribution in [2.75, 3.05) is 0 Å². The second kappa shape index (κ2) is 8.15. The molecule has 0 spiro atoms. The van der Waals surface area contributed by atoms with Crippen LogP contribution in [0.3, 0.4) is 0 Å². The first-order valence-electron chi connectivity index (χ1n) is 8.44. The molecule has 1 heterocycles. The summed E-state index contributed by atoms with van der Waals surface area (Å²) < 4.78 is 59.3. The fourth-order valence-corrected chi connectivity index (χ4v) is 4.26. The van der Waals surface area contributed by atoms with Crippen LogP contribution < -0.4 is 9.46 Å². The molecule has 3 rings (SSSR count). The number of ether oxygens (including phenoxy) is 1. The molecule has 1 fully saturated rings. The Morgan fingerprint density at radius 2 is 1.79 bits per heavy atom. The molecule has 0 amide bonds. The highest BCUT2D eigenvalue weighted by Gasteiger charge is 2.28. The van der Waals surface area contributed by atoms with Crippen LogP contribution in [0.1, 0.15) is 36.0 Å². The van der Waals surface area contributed by atoms with Crippen molar-refractivity contribution in [3.63, 3.8) is 0 Å². The molecule has 0 radical (unpaired) electrons. The number of nitrogens with zero attached hydrogens (tertiary/aromatic N) is 2. The molecule has 0 atom stereocenters. The minimum atomic E-state index is -4.00. The van der Waals surface area contributed by atoms with Crippen molar-refractivity contribution in [2.24, 2.45) is 0 Å². The molecular weight excluding hydrogens is 396 g/mol. The zero-order chi connectivity index (χ0) is 20.3. The lowest BCUT2D eigenvalue weighted by Crippen LogP contribution is -2.39. The zero-order valence-electron chi connectivity index (χ0n) is 14.5. The lowest BCUT2D eigenvalue weighted by Gasteiger charge is -2.28. The minimum Gasteiger partial charge on any atom is -0.478 e. The smallest absolute Gasteiger partial charge is 0.338 e. The average molecular weight is 413 g/mol. The molecule has 0 unspecified atom stereocenters. The summed E-state index contributed by atoms with van der Waals surface area (Å²) in [5.41, 5.74) is -0.709. The molecule has 2 aromatic rings. The predicted molar refractivity (Wildman–Crippen MR) is 92.3 cm³/mol. The standard InChI is InChI=1S/C17H17F2N3O5S/c18-10-8-20-17(21-9-10)27-12-3-1-11(2-4-12)22-28(25,26)13-5-6-15(19)14(7-13)16(23)24/h5-9,11-12,22H,1-4H2,(H,23,24). The molecule has 1 saturated carbocycles. The van der Waals surface area contributed by atoms with Crippen molar-refractivity contribution < 1.29 is 31.8 Å². The normalized spacial score (nSPS) is 19.9. The van der Waals surface area contributed by atoms with E-state index >= 15 is 0 Å². The second-order valence-electron chi connectivity index (χ2n) is 6.34. The third-order valence-electron chi connectivity index (χ3n) is 4.34. The van der Waals surface area contributed by atoms with E-state index in [1.165, 1.54) is 0 Å². The van der Waals surface area contributed by atoms with Gasteiger partial charge < -0.3 is 9.84 Å². The number of benzene rings is 1. The Bertz CT molecular complexity index is 961. The number of carboxylic acid groups (broad SMARTS) is 1. The molecule has 11 heteroatoms. The molecule has 0 bridgehead atoms. The first kappa shape index (κ1) is 20.1. The maximum absolute atomic E-state index is 13.5. The van der Waals surface area contributed by atoms with Crippen LogP contribution in [0, 0.1) is 11.6 Å². The van der Waals surface area contributed by atoms with Gasteiger partial charge >= 0.3 is 12.0 Å². The van der Waals surface area contributed by atoms with Crippen LogP contribution in [0.5, 0.6) is 6.01 Å². The molecule has 2 N–H and O–H groups in total. The number of rotatable bonds is 6. The topological polar surface area (TPSA) is 118 Å². The zero-order valence-corrected chi connectivity index (χ0v) is 15.3. The highest BCUT2D eigenvalue weighted by atomic mass is 32.2. The van der Waals surface area contributed by atoms with Crippen LogP contribution in [0.2, 0.25) is 0 Å². The quantitative estimate of drug-likeness (QED) is 0.745. The Balaban J connectivity index is 1.60. The van der Waals surface area contributed by atoms with Gasteiger partial charge in [-0.25, -0.2) is 36.7 Å². The van der Waals surface area contributed by atoms with Crippen LogP contribution in [-0.2, 0) is 10.0 Å². The van der Waals surface area contributed by atoms with E-state index in [9.17, 15) is 22.0 Å². The number of carbonyl (C=O) groups is 1. The first-order valence-corrected chi connectivity index (χ1v) is 9.92. The number of nitrogens with one attached hydrogen (secondary N) is 1. The lowest BCUT2D eigenvalue weighted by atomic mass is 9.94. The second-order valence-corrected chi connectivity index (χ2v) is 8.06. The molecule has 1 aromatic heterocycles. The molecule has 0 aliphatic heterocycles. The Labute approximate surface area is 159 Å². The molecule has 0 saturated heterocycles. The maximum atomic E-state index is 13.5. The van der Waals surface area contributed by atoms with Crippen molar-refractivity contribution in [2.45, 2.75) is 42.7 Å². The summed E-state index contributed by atoms with van der Waals surface area (Å²) in [4.78, 5) is 18.1. The Hall–Kier alpha value is -2.66. The molecular formula is C17H17F2N3O5S. The molecule has 150 valence electrons. The van der Waals surface area contributed by atoms with E-state index in [4.69, 9.17) is 9.84 Å². The van der Waals surface area contributed by atoms with Crippen molar-refractivity contribution in [1.82, 2.24) is 14.7 Å². The number of hydrogen-bond donors (Lipinski definition) is 2. The monoisotopic (exact) mass is 413 g/mol. The highest BCUT2D eigenvalue weighted by molar-refractivity contribution is 7.89. The Kier molecular flexibility index (Phi) is 5.84. The fourth-order valence-electron chi connectivity index (χ4n) is 2.93. The molecule has 8 nitrogen and oxygen atoms in total. The Morgan fingerprint density at radius 3 is 2.39 bits per heavy atom. The molecule has 1 aromatic carbocycles. The highest BCUT2D eigenvalue weighted by Crippen LogP contribution is 2.24. The molecule has 1 aliphatic carbocycles. The van der Waals surface area contributed by atoms with Gasteiger partial charge in [0.1, 0.15) is 11.9 Å². The number of hydrogen-bond acceptors (Lipinski definition) is 6. The van der Waals surface area contributed by atoms with Gasteiger partial charge in [0.2, 0.25) is 10.0 Å². The third-order valence-corrected chi connectivity index (χ3v) is 5.86. The van der Waals surface area contributed by atoms with Gasteiger partial charge in [0, 0.05) is 6.04 Å². The van der Waals surface area contributed by atoms with Crippen LogP contribution in [0.25, 0.3) is 0 Å². The van der Waals surface area contributed by atoms with Gasteiger partial charge in [-0.2, -0.15) is 0 Å². The van der Waals surface area contributed by atoms with E-state index in [1.54, 1.807) is 0 Å². The summed E-state index contributed by atoms with van der Waals surface area (Å²) in [7, 11) is -4.00. The summed E-state index contributed by atoms with van der Waals surface area (Å²) in [5.74, 6) is -3.13. The SMILES string of the molecule is O=C(O)c1cc(S(=O)(=O)NC2CCC(Oc3ncc(F)cn3)CC2)ccc1F. The average Bonchev–Trinajstić information content (AvgIpc) is 2.65. The lowest BCUT2D eigenvalue weighted by molar-refractivity contribution is 0.0691. The van der Waals surface area contributed by atoms with Crippen molar-refractivity contribution in [1.29, 1.82) is 0 Å². The van der Waals surface area contributed by atoms with Crippen LogP contribution in [0.15, 0.2) is 35.5 Å². The predicted octanol–water partition coefficient (Wildman–Crippen LogP) is 2.12. The van der Waals surface area contributed by atoms with Gasteiger partial charge in [0.15, 0.2) is 5.82 Å². The van der Waals surface area contributed by atoms with Gasteiger partial charge in [-0.1, -0.05) is 0 Å². The van der Waals surface area contributed by atoms with Gasteiger partial charge in [-0.3, -0.25) is 0 Å². The summed E-state index contributed by atoms with van der Waals surface area (Å²) in [6.45, 7) is 0. The maximum Gasteiger partial charge on any atom is 0.338 e. The minimum absolute atomic E-state index is 0.0537. The van der Waals surface area contributed by atoms with Crippen molar-refractivity contribution in [3.05, 3.63) is 47.8 Å². The summed E-state index contributed by atoms with van der Waals surface area (Å²) in [6.07, 6.45) is 3.76. The summed E-state index contributed by atoms with van der Waals surface area (Å²) >= 11 is 0. The van der Waals surface area contributed by atoms with E-state index in [0.717, 1.165) is 30.6 Å². The number of halogens is 2. The van der Waals surface area contributed by atoms with Gasteiger partial charge in [0.25, 0.3) is 0 Å². The van der Waals surface area contributed by atoms with Crippen LogP contribution in [-0.4, -0.2) is 41.6 Å². The Morgan fingerprint density at radius 1 is 1.14 bits per heavy atom.